The summed E-state index contributed by atoms with van der Waals surface area (Å²) in [5.74, 6) is 1.35. The average molecular weight is 269 g/mol. The second-order valence-electron chi connectivity index (χ2n) is 5.67. The van der Waals surface area contributed by atoms with Crippen LogP contribution in [0.5, 0.6) is 0 Å². The van der Waals surface area contributed by atoms with E-state index in [1.54, 1.807) is 0 Å². The van der Waals surface area contributed by atoms with Crippen molar-refractivity contribution < 1.29 is 0 Å². The fourth-order valence-electron chi connectivity index (χ4n) is 3.10. The van der Waals surface area contributed by atoms with Gasteiger partial charge in [-0.3, -0.25) is 4.68 Å². The first-order valence-electron chi connectivity index (χ1n) is 7.33. The molecule has 0 amide bonds. The molecule has 2 rings (SSSR count). The van der Waals surface area contributed by atoms with Crippen LogP contribution in [0.1, 0.15) is 58.2 Å². The van der Waals surface area contributed by atoms with Gasteiger partial charge in [0.2, 0.25) is 0 Å². The van der Waals surface area contributed by atoms with Crippen molar-refractivity contribution in [2.75, 3.05) is 0 Å². The van der Waals surface area contributed by atoms with E-state index in [9.17, 15) is 0 Å². The number of nitrogens with zero attached hydrogens (tertiary/aromatic N) is 2. The molecule has 1 saturated carbocycles. The lowest BCUT2D eigenvalue weighted by molar-refractivity contribution is 0.399. The molecule has 3 unspecified atom stereocenters. The summed E-state index contributed by atoms with van der Waals surface area (Å²) in [5.41, 5.74) is 1.24. The third-order valence-electron chi connectivity index (χ3n) is 4.58. The molecule has 0 bridgehead atoms. The van der Waals surface area contributed by atoms with E-state index in [1.165, 1.54) is 18.5 Å². The maximum absolute atomic E-state index is 6.30. The molecule has 0 radical (unpaired) electrons. The van der Waals surface area contributed by atoms with Gasteiger partial charge in [-0.15, -0.1) is 11.6 Å². The van der Waals surface area contributed by atoms with E-state index >= 15 is 0 Å². The van der Waals surface area contributed by atoms with Gasteiger partial charge in [0, 0.05) is 11.6 Å². The van der Waals surface area contributed by atoms with Gasteiger partial charge in [-0.05, 0) is 50.0 Å². The van der Waals surface area contributed by atoms with Gasteiger partial charge in [-0.25, -0.2) is 0 Å². The topological polar surface area (TPSA) is 17.8 Å². The normalized spacial score (nSPS) is 28.2. The SMILES string of the molecule is CCC(CC)n1ccc(CC2CCC(Cl)C2C)n1. The molecule has 2 nitrogen and oxygen atoms in total. The molecule has 0 saturated heterocycles. The monoisotopic (exact) mass is 268 g/mol. The van der Waals surface area contributed by atoms with Crippen LogP contribution in [-0.2, 0) is 6.42 Å². The predicted octanol–water partition coefficient (Wildman–Crippen LogP) is 4.44. The molecule has 1 aliphatic rings. The summed E-state index contributed by atoms with van der Waals surface area (Å²) >= 11 is 6.30. The summed E-state index contributed by atoms with van der Waals surface area (Å²) < 4.78 is 2.15. The number of aromatic nitrogens is 2. The van der Waals surface area contributed by atoms with Crippen molar-refractivity contribution in [2.24, 2.45) is 11.8 Å². The van der Waals surface area contributed by atoms with Gasteiger partial charge < -0.3 is 0 Å². The summed E-state index contributed by atoms with van der Waals surface area (Å²) in [6.45, 7) is 6.74. The molecule has 1 heterocycles. The Morgan fingerprint density at radius 1 is 1.39 bits per heavy atom. The number of rotatable bonds is 5. The molecular weight excluding hydrogens is 244 g/mol. The van der Waals surface area contributed by atoms with Crippen molar-refractivity contribution in [3.63, 3.8) is 0 Å². The minimum atomic E-state index is 0.371. The molecule has 0 aromatic carbocycles. The Morgan fingerprint density at radius 3 is 2.67 bits per heavy atom. The Labute approximate surface area is 116 Å². The lowest BCUT2D eigenvalue weighted by Gasteiger charge is -2.16. The van der Waals surface area contributed by atoms with Crippen LogP contribution in [0, 0.1) is 11.8 Å². The van der Waals surface area contributed by atoms with E-state index in [0.29, 0.717) is 17.3 Å². The van der Waals surface area contributed by atoms with Crippen LogP contribution in [0.25, 0.3) is 0 Å². The van der Waals surface area contributed by atoms with E-state index in [4.69, 9.17) is 16.7 Å². The van der Waals surface area contributed by atoms with Crippen molar-refractivity contribution in [1.82, 2.24) is 9.78 Å². The smallest absolute Gasteiger partial charge is 0.0627 e. The predicted molar refractivity (Wildman–Crippen MR) is 77.1 cm³/mol. The molecule has 0 aliphatic heterocycles. The van der Waals surface area contributed by atoms with Crippen molar-refractivity contribution >= 4 is 11.6 Å². The van der Waals surface area contributed by atoms with Crippen LogP contribution in [0.3, 0.4) is 0 Å². The summed E-state index contributed by atoms with van der Waals surface area (Å²) in [4.78, 5) is 0. The molecule has 1 aromatic heterocycles. The number of hydrogen-bond acceptors (Lipinski definition) is 1. The summed E-state index contributed by atoms with van der Waals surface area (Å²) in [6, 6.07) is 2.74. The van der Waals surface area contributed by atoms with Gasteiger partial charge in [0.25, 0.3) is 0 Å². The molecular formula is C15H25ClN2. The summed E-state index contributed by atoms with van der Waals surface area (Å²) in [6.07, 6.45) is 7.97. The Bertz CT molecular complexity index is 370. The molecule has 1 aromatic rings. The minimum absolute atomic E-state index is 0.371. The van der Waals surface area contributed by atoms with Gasteiger partial charge in [-0.1, -0.05) is 20.8 Å². The number of halogens is 1. The van der Waals surface area contributed by atoms with E-state index in [-0.39, 0.29) is 0 Å². The number of alkyl halides is 1. The standard InChI is InChI=1S/C15H25ClN2/c1-4-14(5-2)18-9-8-13(17-18)10-12-6-7-15(16)11(12)3/h8-9,11-12,14-15H,4-7,10H2,1-3H3. The molecule has 102 valence electrons. The highest BCUT2D eigenvalue weighted by molar-refractivity contribution is 6.20. The highest BCUT2D eigenvalue weighted by Gasteiger charge is 2.31. The molecule has 18 heavy (non-hydrogen) atoms. The molecule has 1 fully saturated rings. The maximum Gasteiger partial charge on any atom is 0.0627 e. The zero-order valence-electron chi connectivity index (χ0n) is 11.8. The van der Waals surface area contributed by atoms with Gasteiger partial charge in [-0.2, -0.15) is 5.10 Å². The van der Waals surface area contributed by atoms with Crippen molar-refractivity contribution in [3.8, 4) is 0 Å². The minimum Gasteiger partial charge on any atom is -0.269 e. The first-order valence-corrected chi connectivity index (χ1v) is 7.77. The highest BCUT2D eigenvalue weighted by atomic mass is 35.5. The Morgan fingerprint density at radius 2 is 2.11 bits per heavy atom. The van der Waals surface area contributed by atoms with Crippen LogP contribution in [0.15, 0.2) is 12.3 Å². The third kappa shape index (κ3) is 2.90. The number of hydrogen-bond donors (Lipinski definition) is 0. The lowest BCUT2D eigenvalue weighted by Crippen LogP contribution is -2.14. The van der Waals surface area contributed by atoms with Crippen molar-refractivity contribution in [2.45, 2.75) is 64.3 Å². The first kappa shape index (κ1) is 13.9. The fourth-order valence-corrected chi connectivity index (χ4v) is 3.44. The maximum atomic E-state index is 6.30. The first-order chi connectivity index (χ1) is 8.65. The van der Waals surface area contributed by atoms with E-state index in [1.807, 2.05) is 0 Å². The zero-order valence-corrected chi connectivity index (χ0v) is 12.5. The highest BCUT2D eigenvalue weighted by Crippen LogP contribution is 2.37. The Hall–Kier alpha value is -0.500. The summed E-state index contributed by atoms with van der Waals surface area (Å²) in [7, 11) is 0. The molecule has 3 atom stereocenters. The molecule has 1 aliphatic carbocycles. The van der Waals surface area contributed by atoms with Crippen LogP contribution < -0.4 is 0 Å². The van der Waals surface area contributed by atoms with E-state index in [0.717, 1.165) is 25.2 Å². The van der Waals surface area contributed by atoms with Gasteiger partial charge in [0.1, 0.15) is 0 Å². The quantitative estimate of drug-likeness (QED) is 0.722. The molecule has 0 spiro atoms. The van der Waals surface area contributed by atoms with Gasteiger partial charge >= 0.3 is 0 Å². The van der Waals surface area contributed by atoms with Gasteiger partial charge in [0.15, 0.2) is 0 Å². The molecule has 0 N–H and O–H groups in total. The van der Waals surface area contributed by atoms with Crippen molar-refractivity contribution in [3.05, 3.63) is 18.0 Å². The van der Waals surface area contributed by atoms with Crippen LogP contribution >= 0.6 is 11.6 Å². The average Bonchev–Trinajstić information content (AvgIpc) is 2.94. The third-order valence-corrected chi connectivity index (χ3v) is 5.19. The van der Waals surface area contributed by atoms with Crippen molar-refractivity contribution in [1.29, 1.82) is 0 Å². The van der Waals surface area contributed by atoms with Crippen LogP contribution in [0.4, 0.5) is 0 Å². The largest absolute Gasteiger partial charge is 0.269 e. The second kappa shape index (κ2) is 6.10. The van der Waals surface area contributed by atoms with Crippen LogP contribution in [0.2, 0.25) is 0 Å². The second-order valence-corrected chi connectivity index (χ2v) is 6.23. The molecule has 3 heteroatoms. The fraction of sp³-hybridized carbons (Fsp3) is 0.800. The Kier molecular flexibility index (Phi) is 4.71. The Balaban J connectivity index is 1.98. The lowest BCUT2D eigenvalue weighted by atomic mass is 9.93. The van der Waals surface area contributed by atoms with E-state index in [2.05, 4.69) is 37.7 Å². The summed E-state index contributed by atoms with van der Waals surface area (Å²) in [5, 5.41) is 5.12. The zero-order chi connectivity index (χ0) is 13.1. The van der Waals surface area contributed by atoms with Gasteiger partial charge in [0.05, 0.1) is 11.7 Å². The van der Waals surface area contributed by atoms with E-state index < -0.39 is 0 Å². The van der Waals surface area contributed by atoms with Crippen LogP contribution in [-0.4, -0.2) is 15.2 Å².